The van der Waals surface area contributed by atoms with Gasteiger partial charge in [0.05, 0.1) is 7.11 Å². The Labute approximate surface area is 88.8 Å². The molecule has 0 unspecified atom stereocenters. The van der Waals surface area contributed by atoms with Crippen LogP contribution >= 0.6 is 11.6 Å². The highest BCUT2D eigenvalue weighted by Gasteiger charge is 2.08. The molecule has 0 N–H and O–H groups in total. The summed E-state index contributed by atoms with van der Waals surface area (Å²) < 4.78 is 5.15. The molecule has 1 aromatic rings. The highest BCUT2D eigenvalue weighted by Crippen LogP contribution is 2.26. The Balaban J connectivity index is 3.15. The maximum atomic E-state index is 11.0. The van der Waals surface area contributed by atoms with Crippen LogP contribution in [0.15, 0.2) is 12.1 Å². The third kappa shape index (κ3) is 2.48. The lowest BCUT2D eigenvalue weighted by Gasteiger charge is -2.09. The summed E-state index contributed by atoms with van der Waals surface area (Å²) in [5, 5.41) is 0.601. The van der Waals surface area contributed by atoms with Crippen LogP contribution in [0.3, 0.4) is 0 Å². The number of Topliss-reactive ketones (excluding diaryl/α,β-unsaturated/α-hetero) is 1. The molecule has 0 aliphatic carbocycles. The van der Waals surface area contributed by atoms with E-state index < -0.39 is 0 Å². The fourth-order valence-corrected chi connectivity index (χ4v) is 1.60. The van der Waals surface area contributed by atoms with E-state index in [0.717, 1.165) is 16.9 Å². The van der Waals surface area contributed by atoms with Crippen LogP contribution in [0.25, 0.3) is 0 Å². The Hall–Kier alpha value is -1.02. The first-order valence-electron chi connectivity index (χ1n) is 4.37. The van der Waals surface area contributed by atoms with Crippen molar-refractivity contribution in [1.29, 1.82) is 0 Å². The monoisotopic (exact) mass is 212 g/mol. The van der Waals surface area contributed by atoms with Crippen molar-refractivity contribution >= 4 is 17.4 Å². The summed E-state index contributed by atoms with van der Waals surface area (Å²) >= 11 is 5.89. The van der Waals surface area contributed by atoms with Gasteiger partial charge in [-0.05, 0) is 37.1 Å². The highest BCUT2D eigenvalue weighted by atomic mass is 35.5. The van der Waals surface area contributed by atoms with Gasteiger partial charge in [0.2, 0.25) is 0 Å². The summed E-state index contributed by atoms with van der Waals surface area (Å²) in [6.45, 7) is 3.49. The Morgan fingerprint density at radius 3 is 2.64 bits per heavy atom. The van der Waals surface area contributed by atoms with Crippen molar-refractivity contribution in [1.82, 2.24) is 0 Å². The quantitative estimate of drug-likeness (QED) is 0.770. The van der Waals surface area contributed by atoms with Crippen molar-refractivity contribution in [3.8, 4) is 5.75 Å². The molecule has 0 bridgehead atoms. The molecule has 0 heterocycles. The van der Waals surface area contributed by atoms with Gasteiger partial charge in [0, 0.05) is 11.4 Å². The summed E-state index contributed by atoms with van der Waals surface area (Å²) in [6.07, 6.45) is 0.406. The fraction of sp³-hybridized carbons (Fsp3) is 0.364. The predicted octanol–water partition coefficient (Wildman–Crippen LogP) is 2.79. The number of benzene rings is 1. The number of ether oxygens (including phenoxy) is 1. The second-order valence-corrected chi connectivity index (χ2v) is 3.71. The van der Waals surface area contributed by atoms with Gasteiger partial charge in [-0.15, -0.1) is 0 Å². The molecule has 0 atom stereocenters. The van der Waals surface area contributed by atoms with Crippen LogP contribution in [0.5, 0.6) is 5.75 Å². The molecule has 0 aliphatic rings. The molecule has 1 aromatic carbocycles. The van der Waals surface area contributed by atoms with E-state index in [1.165, 1.54) is 0 Å². The molecule has 3 heteroatoms. The lowest BCUT2D eigenvalue weighted by atomic mass is 10.0. The van der Waals surface area contributed by atoms with Gasteiger partial charge >= 0.3 is 0 Å². The topological polar surface area (TPSA) is 26.3 Å². The Morgan fingerprint density at radius 1 is 1.50 bits per heavy atom. The lowest BCUT2D eigenvalue weighted by Crippen LogP contribution is -2.00. The van der Waals surface area contributed by atoms with Gasteiger partial charge < -0.3 is 4.74 Å². The zero-order valence-corrected chi connectivity index (χ0v) is 9.31. The minimum Gasteiger partial charge on any atom is -0.496 e. The summed E-state index contributed by atoms with van der Waals surface area (Å²) in [5.41, 5.74) is 1.91. The molecule has 0 saturated heterocycles. The van der Waals surface area contributed by atoms with Crippen molar-refractivity contribution in [2.45, 2.75) is 20.3 Å². The molecule has 1 rings (SSSR count). The first-order valence-corrected chi connectivity index (χ1v) is 4.75. The third-order valence-corrected chi connectivity index (χ3v) is 2.31. The zero-order valence-electron chi connectivity index (χ0n) is 8.56. The summed E-state index contributed by atoms with van der Waals surface area (Å²) in [4.78, 5) is 11.0. The van der Waals surface area contributed by atoms with Crippen LogP contribution in [-0.4, -0.2) is 12.9 Å². The number of hydrogen-bond donors (Lipinski definition) is 0. The second-order valence-electron chi connectivity index (χ2n) is 3.27. The van der Waals surface area contributed by atoms with Gasteiger partial charge in [-0.1, -0.05) is 11.6 Å². The molecular formula is C11H13ClO2. The largest absolute Gasteiger partial charge is 0.496 e. The number of carbonyl (C=O) groups is 1. The molecule has 0 spiro atoms. The normalized spacial score (nSPS) is 10.0. The van der Waals surface area contributed by atoms with Crippen molar-refractivity contribution in [3.63, 3.8) is 0 Å². The van der Waals surface area contributed by atoms with Crippen LogP contribution in [0.2, 0.25) is 5.02 Å². The van der Waals surface area contributed by atoms with Gasteiger partial charge in [0.1, 0.15) is 11.5 Å². The Bertz CT molecular complexity index is 359. The summed E-state index contributed by atoms with van der Waals surface area (Å²) in [7, 11) is 1.59. The molecular weight excluding hydrogens is 200 g/mol. The number of methoxy groups -OCH3 is 1. The van der Waals surface area contributed by atoms with E-state index >= 15 is 0 Å². The van der Waals surface area contributed by atoms with Crippen LogP contribution < -0.4 is 4.74 Å². The maximum Gasteiger partial charge on any atom is 0.134 e. The first kappa shape index (κ1) is 11.1. The minimum absolute atomic E-state index is 0.123. The van der Waals surface area contributed by atoms with Gasteiger partial charge in [-0.3, -0.25) is 4.79 Å². The van der Waals surface area contributed by atoms with E-state index in [4.69, 9.17) is 16.3 Å². The van der Waals surface area contributed by atoms with Crippen LogP contribution in [0, 0.1) is 6.92 Å². The van der Waals surface area contributed by atoms with E-state index in [9.17, 15) is 4.79 Å². The third-order valence-electron chi connectivity index (χ3n) is 2.09. The lowest BCUT2D eigenvalue weighted by molar-refractivity contribution is -0.116. The fourth-order valence-electron chi connectivity index (χ4n) is 1.37. The zero-order chi connectivity index (χ0) is 10.7. The van der Waals surface area contributed by atoms with Crippen molar-refractivity contribution < 1.29 is 9.53 Å². The van der Waals surface area contributed by atoms with Crippen molar-refractivity contribution in [2.24, 2.45) is 0 Å². The molecule has 0 aromatic heterocycles. The van der Waals surface area contributed by atoms with Crippen LogP contribution in [-0.2, 0) is 11.2 Å². The number of halogens is 1. The Kier molecular flexibility index (Phi) is 3.53. The average Bonchev–Trinajstić information content (AvgIpc) is 2.09. The SMILES string of the molecule is COc1cc(Cl)cc(CC(C)=O)c1C. The molecule has 0 radical (unpaired) electrons. The molecule has 0 aliphatic heterocycles. The molecule has 0 fully saturated rings. The van der Waals surface area contributed by atoms with E-state index in [2.05, 4.69) is 0 Å². The highest BCUT2D eigenvalue weighted by molar-refractivity contribution is 6.30. The molecule has 14 heavy (non-hydrogen) atoms. The molecule has 0 amide bonds. The number of carbonyl (C=O) groups excluding carboxylic acids is 1. The first-order chi connectivity index (χ1) is 6.54. The average molecular weight is 213 g/mol. The van der Waals surface area contributed by atoms with E-state index in [1.807, 2.05) is 6.92 Å². The summed E-state index contributed by atoms with van der Waals surface area (Å²) in [6, 6.07) is 3.56. The molecule has 0 saturated carbocycles. The molecule has 76 valence electrons. The maximum absolute atomic E-state index is 11.0. The van der Waals surface area contributed by atoms with Gasteiger partial charge in [0.25, 0.3) is 0 Å². The number of ketones is 1. The van der Waals surface area contributed by atoms with Gasteiger partial charge in [-0.2, -0.15) is 0 Å². The van der Waals surface area contributed by atoms with E-state index in [1.54, 1.807) is 26.2 Å². The second kappa shape index (κ2) is 4.47. The standard InChI is InChI=1S/C11H13ClO2/c1-7(13)4-9-5-10(12)6-11(14-3)8(9)2/h5-6H,4H2,1-3H3. The predicted molar refractivity (Wildman–Crippen MR) is 57.1 cm³/mol. The number of rotatable bonds is 3. The molecule has 2 nitrogen and oxygen atoms in total. The van der Waals surface area contributed by atoms with Gasteiger partial charge in [0.15, 0.2) is 0 Å². The van der Waals surface area contributed by atoms with Gasteiger partial charge in [-0.25, -0.2) is 0 Å². The van der Waals surface area contributed by atoms with E-state index in [-0.39, 0.29) is 5.78 Å². The van der Waals surface area contributed by atoms with Crippen LogP contribution in [0.1, 0.15) is 18.1 Å². The smallest absolute Gasteiger partial charge is 0.134 e. The van der Waals surface area contributed by atoms with Crippen molar-refractivity contribution in [3.05, 3.63) is 28.3 Å². The van der Waals surface area contributed by atoms with E-state index in [0.29, 0.717) is 11.4 Å². The van der Waals surface area contributed by atoms with Crippen LogP contribution in [0.4, 0.5) is 0 Å². The minimum atomic E-state index is 0.123. The Morgan fingerprint density at radius 2 is 2.14 bits per heavy atom. The summed E-state index contributed by atoms with van der Waals surface area (Å²) in [5.74, 6) is 0.853. The van der Waals surface area contributed by atoms with Crippen molar-refractivity contribution in [2.75, 3.05) is 7.11 Å². The number of hydrogen-bond acceptors (Lipinski definition) is 2.